The molecule has 1 aromatic rings. The number of guanidine groups is 1. The molecule has 2 rings (SSSR count). The molecule has 1 amide bonds. The van der Waals surface area contributed by atoms with Crippen LogP contribution in [0, 0.1) is 0 Å². The van der Waals surface area contributed by atoms with Crippen LogP contribution in [0.2, 0.25) is 0 Å². The van der Waals surface area contributed by atoms with Crippen molar-refractivity contribution < 1.29 is 4.79 Å². The fourth-order valence-electron chi connectivity index (χ4n) is 1.64. The maximum Gasteiger partial charge on any atom is 0.251 e. The largest absolute Gasteiger partial charge is 0.293 e. The van der Waals surface area contributed by atoms with Gasteiger partial charge in [0, 0.05) is 12.1 Å². The van der Waals surface area contributed by atoms with Crippen molar-refractivity contribution in [2.24, 2.45) is 10.1 Å². The fraction of sp³-hybridized carbons (Fsp3) is 0.308. The summed E-state index contributed by atoms with van der Waals surface area (Å²) in [6, 6.07) is 9.46. The van der Waals surface area contributed by atoms with E-state index in [9.17, 15) is 4.79 Å². The molecule has 0 saturated carbocycles. The normalized spacial score (nSPS) is 18.0. The number of aliphatic imine (C=N–C) groups is 1. The molecule has 0 fully saturated rings. The molecule has 5 heteroatoms. The van der Waals surface area contributed by atoms with E-state index in [1.807, 2.05) is 44.2 Å². The van der Waals surface area contributed by atoms with Gasteiger partial charge in [-0.1, -0.05) is 30.3 Å². The predicted molar refractivity (Wildman–Crippen MR) is 71.4 cm³/mol. The zero-order valence-corrected chi connectivity index (χ0v) is 10.5. The minimum absolute atomic E-state index is 0.0923. The van der Waals surface area contributed by atoms with Crippen molar-refractivity contribution in [1.82, 2.24) is 10.7 Å². The molecule has 5 nitrogen and oxygen atoms in total. The quantitative estimate of drug-likeness (QED) is 0.617. The average molecular weight is 244 g/mol. The molecule has 1 atom stereocenters. The van der Waals surface area contributed by atoms with Gasteiger partial charge in [0.25, 0.3) is 5.91 Å². The third kappa shape index (κ3) is 3.16. The highest BCUT2D eigenvalue weighted by atomic mass is 16.2. The zero-order chi connectivity index (χ0) is 13.0. The summed E-state index contributed by atoms with van der Waals surface area (Å²) < 4.78 is 0. The molecule has 0 spiro atoms. The molecule has 1 unspecified atom stereocenters. The van der Waals surface area contributed by atoms with Crippen LogP contribution in [0.4, 0.5) is 0 Å². The van der Waals surface area contributed by atoms with Crippen molar-refractivity contribution in [2.75, 3.05) is 0 Å². The molecular formula is C13H16N4O. The van der Waals surface area contributed by atoms with Crippen molar-refractivity contribution in [2.45, 2.75) is 26.3 Å². The smallest absolute Gasteiger partial charge is 0.251 e. The van der Waals surface area contributed by atoms with Gasteiger partial charge in [0.1, 0.15) is 6.04 Å². The van der Waals surface area contributed by atoms with Gasteiger partial charge in [0.2, 0.25) is 5.96 Å². The molecule has 2 N–H and O–H groups in total. The predicted octanol–water partition coefficient (Wildman–Crippen LogP) is 1.07. The molecule has 1 aliphatic rings. The van der Waals surface area contributed by atoms with Crippen LogP contribution in [0.1, 0.15) is 19.4 Å². The van der Waals surface area contributed by atoms with Crippen LogP contribution in [0.5, 0.6) is 0 Å². The van der Waals surface area contributed by atoms with Crippen molar-refractivity contribution in [3.8, 4) is 0 Å². The van der Waals surface area contributed by atoms with Gasteiger partial charge in [0.05, 0.1) is 0 Å². The molecule has 0 saturated heterocycles. The van der Waals surface area contributed by atoms with Crippen molar-refractivity contribution in [1.29, 1.82) is 0 Å². The zero-order valence-electron chi connectivity index (χ0n) is 10.5. The van der Waals surface area contributed by atoms with E-state index >= 15 is 0 Å². The van der Waals surface area contributed by atoms with Crippen LogP contribution in [-0.4, -0.2) is 23.6 Å². The number of amides is 1. The monoisotopic (exact) mass is 244 g/mol. The van der Waals surface area contributed by atoms with Gasteiger partial charge in [0.15, 0.2) is 0 Å². The molecule has 0 aliphatic carbocycles. The standard InChI is InChI=1S/C13H16N4O/c1-9(2)16-17-13-14-11(12(18)15-13)8-10-6-4-3-5-7-10/h3-7,11H,8H2,1-2H3,(H2,14,15,17,18). The van der Waals surface area contributed by atoms with Gasteiger partial charge in [-0.3, -0.25) is 10.1 Å². The molecule has 1 heterocycles. The minimum atomic E-state index is -0.373. The first-order chi connectivity index (χ1) is 8.65. The third-order valence-corrected chi connectivity index (χ3v) is 2.49. The van der Waals surface area contributed by atoms with Crippen LogP contribution in [0.25, 0.3) is 0 Å². The Morgan fingerprint density at radius 2 is 2.11 bits per heavy atom. The Kier molecular flexibility index (Phi) is 3.72. The first-order valence-electron chi connectivity index (χ1n) is 5.84. The first-order valence-corrected chi connectivity index (χ1v) is 5.84. The van der Waals surface area contributed by atoms with E-state index in [2.05, 4.69) is 20.8 Å². The first kappa shape index (κ1) is 12.3. The Bertz CT molecular complexity index is 489. The number of hydrogen-bond acceptors (Lipinski definition) is 4. The number of rotatable bonds is 3. The van der Waals surface area contributed by atoms with Crippen LogP contribution < -0.4 is 10.7 Å². The van der Waals surface area contributed by atoms with E-state index in [0.29, 0.717) is 12.4 Å². The lowest BCUT2D eigenvalue weighted by Gasteiger charge is -2.03. The summed E-state index contributed by atoms with van der Waals surface area (Å²) in [5, 5.41) is 6.68. The topological polar surface area (TPSA) is 65.8 Å². The number of carbonyl (C=O) groups is 1. The third-order valence-electron chi connectivity index (χ3n) is 2.49. The second kappa shape index (κ2) is 5.44. The number of benzene rings is 1. The number of hydrogen-bond donors (Lipinski definition) is 2. The van der Waals surface area contributed by atoms with Gasteiger partial charge in [-0.05, 0) is 19.4 Å². The lowest BCUT2D eigenvalue weighted by atomic mass is 10.1. The minimum Gasteiger partial charge on any atom is -0.293 e. The van der Waals surface area contributed by atoms with Gasteiger partial charge in [-0.15, -0.1) is 0 Å². The van der Waals surface area contributed by atoms with Crippen LogP contribution in [0.3, 0.4) is 0 Å². The molecule has 1 aromatic carbocycles. The van der Waals surface area contributed by atoms with Crippen molar-refractivity contribution >= 4 is 17.6 Å². The molecule has 1 aliphatic heterocycles. The number of hydrazone groups is 1. The molecule has 94 valence electrons. The van der Waals surface area contributed by atoms with E-state index in [-0.39, 0.29) is 11.9 Å². The Labute approximate surface area is 106 Å². The van der Waals surface area contributed by atoms with Crippen LogP contribution in [-0.2, 0) is 11.2 Å². The number of carbonyl (C=O) groups excluding carboxylic acids is 1. The molecule has 0 bridgehead atoms. The van der Waals surface area contributed by atoms with E-state index in [4.69, 9.17) is 0 Å². The van der Waals surface area contributed by atoms with Gasteiger partial charge >= 0.3 is 0 Å². The Hall–Kier alpha value is -2.17. The van der Waals surface area contributed by atoms with E-state index in [1.165, 1.54) is 0 Å². The van der Waals surface area contributed by atoms with Gasteiger partial charge in [-0.25, -0.2) is 10.4 Å². The van der Waals surface area contributed by atoms with Crippen LogP contribution >= 0.6 is 0 Å². The summed E-state index contributed by atoms with van der Waals surface area (Å²) in [6.07, 6.45) is 0.604. The molecule has 18 heavy (non-hydrogen) atoms. The highest BCUT2D eigenvalue weighted by molar-refractivity contribution is 6.05. The summed E-state index contributed by atoms with van der Waals surface area (Å²) in [7, 11) is 0. The van der Waals surface area contributed by atoms with Gasteiger partial charge in [-0.2, -0.15) is 5.10 Å². The second-order valence-electron chi connectivity index (χ2n) is 4.34. The van der Waals surface area contributed by atoms with Crippen LogP contribution in [0.15, 0.2) is 40.4 Å². The summed E-state index contributed by atoms with van der Waals surface area (Å²) in [6.45, 7) is 3.73. The summed E-state index contributed by atoms with van der Waals surface area (Å²) in [5.74, 6) is 0.326. The number of nitrogens with one attached hydrogen (secondary N) is 2. The summed E-state index contributed by atoms with van der Waals surface area (Å²) >= 11 is 0. The molecule has 0 aromatic heterocycles. The van der Waals surface area contributed by atoms with Gasteiger partial charge < -0.3 is 0 Å². The van der Waals surface area contributed by atoms with E-state index < -0.39 is 0 Å². The lowest BCUT2D eigenvalue weighted by Crippen LogP contribution is -2.35. The molecule has 0 radical (unpaired) electrons. The molecular weight excluding hydrogens is 228 g/mol. The summed E-state index contributed by atoms with van der Waals surface area (Å²) in [4.78, 5) is 16.0. The van der Waals surface area contributed by atoms with Crippen molar-refractivity contribution in [3.63, 3.8) is 0 Å². The average Bonchev–Trinajstić information content (AvgIpc) is 2.69. The van der Waals surface area contributed by atoms with E-state index in [1.54, 1.807) is 0 Å². The lowest BCUT2D eigenvalue weighted by molar-refractivity contribution is -0.120. The van der Waals surface area contributed by atoms with E-state index in [0.717, 1.165) is 11.3 Å². The Morgan fingerprint density at radius 1 is 1.39 bits per heavy atom. The highest BCUT2D eigenvalue weighted by Crippen LogP contribution is 2.09. The Balaban J connectivity index is 2.01. The highest BCUT2D eigenvalue weighted by Gasteiger charge is 2.26. The SMILES string of the molecule is CC(C)=NNC1=NC(Cc2ccccc2)C(=O)N1. The van der Waals surface area contributed by atoms with Crippen molar-refractivity contribution in [3.05, 3.63) is 35.9 Å². The fourth-order valence-corrected chi connectivity index (χ4v) is 1.64. The Morgan fingerprint density at radius 3 is 2.78 bits per heavy atom. The number of nitrogens with zero attached hydrogens (tertiary/aromatic N) is 2. The maximum atomic E-state index is 11.7. The summed E-state index contributed by atoms with van der Waals surface area (Å²) in [5.41, 5.74) is 4.70. The second-order valence-corrected chi connectivity index (χ2v) is 4.34. The maximum absolute atomic E-state index is 11.7.